The third-order valence-corrected chi connectivity index (χ3v) is 5.23. The highest BCUT2D eigenvalue weighted by Crippen LogP contribution is 2.29. The molecule has 0 aliphatic heterocycles. The lowest BCUT2D eigenvalue weighted by Gasteiger charge is -2.20. The Hall–Kier alpha value is -5.07. The smallest absolute Gasteiger partial charge is 0.350 e. The van der Waals surface area contributed by atoms with Gasteiger partial charge in [-0.15, -0.1) is 9.78 Å². The van der Waals surface area contributed by atoms with Gasteiger partial charge in [-0.25, -0.2) is 19.2 Å². The first kappa shape index (κ1) is 28.5. The van der Waals surface area contributed by atoms with Crippen molar-refractivity contribution in [3.05, 3.63) is 93.9 Å². The first-order chi connectivity index (χ1) is 18.7. The molecule has 39 heavy (non-hydrogen) atoms. The Bertz CT molecular complexity index is 1450. The molecule has 1 atom stereocenters. The highest BCUT2D eigenvalue weighted by Gasteiger charge is 2.22. The molecule has 4 aromatic rings. The largest absolute Gasteiger partial charge is 0.491 e. The summed E-state index contributed by atoms with van der Waals surface area (Å²) in [6.07, 6.45) is 3.77. The molecule has 0 saturated carbocycles. The molecule has 0 fully saturated rings. The number of hydrogen-bond acceptors (Lipinski definition) is 8. The number of carbonyl (C=O) groups is 1. The molecule has 0 amide bonds. The number of amidine groups is 1. The summed E-state index contributed by atoms with van der Waals surface area (Å²) in [6.45, 7) is 2.42. The third kappa shape index (κ3) is 7.95. The predicted molar refractivity (Wildman–Crippen MR) is 143 cm³/mol. The Morgan fingerprint density at radius 1 is 1.23 bits per heavy atom. The number of nitrogen functional groups attached to an aromatic ring is 1. The van der Waals surface area contributed by atoms with E-state index in [1.165, 1.54) is 12.4 Å². The number of halogens is 1. The van der Waals surface area contributed by atoms with Crippen molar-refractivity contribution in [2.45, 2.75) is 26.3 Å². The summed E-state index contributed by atoms with van der Waals surface area (Å²) in [5.74, 6) is 0.106. The maximum Gasteiger partial charge on any atom is 0.350 e. The van der Waals surface area contributed by atoms with Crippen molar-refractivity contribution < 1.29 is 19.0 Å². The van der Waals surface area contributed by atoms with Crippen LogP contribution in [-0.2, 0) is 11.2 Å². The number of H-pyrrole nitrogens is 1. The number of aliphatic carboxylic acids is 1. The first-order valence-corrected chi connectivity index (χ1v) is 11.9. The number of carboxylic acid groups (broad SMARTS) is 1. The van der Waals surface area contributed by atoms with E-state index < -0.39 is 24.4 Å². The molecule has 0 aliphatic carbocycles. The second kappa shape index (κ2) is 13.5. The number of anilines is 1. The van der Waals surface area contributed by atoms with Crippen LogP contribution in [0.1, 0.15) is 42.4 Å². The number of benzene rings is 2. The Balaban J connectivity index is 0.000000983. The number of rotatable bonds is 10. The average molecular weight is 537 g/mol. The van der Waals surface area contributed by atoms with E-state index in [2.05, 4.69) is 25.4 Å². The van der Waals surface area contributed by atoms with E-state index in [-0.39, 0.29) is 18.4 Å². The lowest BCUT2D eigenvalue weighted by molar-refractivity contribution is -0.134. The molecule has 13 heteroatoms. The lowest BCUT2D eigenvalue weighted by atomic mass is 10.0. The van der Waals surface area contributed by atoms with Crippen LogP contribution in [0, 0.1) is 5.41 Å². The second-order valence-corrected chi connectivity index (χ2v) is 8.16. The van der Waals surface area contributed by atoms with Crippen LogP contribution in [0.3, 0.4) is 0 Å². The van der Waals surface area contributed by atoms with Crippen molar-refractivity contribution >= 4 is 17.5 Å². The molecule has 0 bridgehead atoms. The summed E-state index contributed by atoms with van der Waals surface area (Å²) in [6, 6.07) is 13.7. The second-order valence-electron chi connectivity index (χ2n) is 8.16. The van der Waals surface area contributed by atoms with Crippen LogP contribution in [0.15, 0.2) is 65.7 Å². The zero-order valence-corrected chi connectivity index (χ0v) is 21.4. The van der Waals surface area contributed by atoms with Crippen molar-refractivity contribution in [1.82, 2.24) is 24.7 Å². The molecule has 2 heterocycles. The number of aryl methyl sites for hydroxylation is 1. The van der Waals surface area contributed by atoms with Crippen LogP contribution in [0.5, 0.6) is 5.75 Å². The van der Waals surface area contributed by atoms with E-state index in [9.17, 15) is 9.18 Å². The summed E-state index contributed by atoms with van der Waals surface area (Å²) in [5.41, 5.74) is 8.09. The van der Waals surface area contributed by atoms with Crippen LogP contribution in [-0.4, -0.2) is 54.9 Å². The SMILES string of the molecule is CC(=O)O.CCc1cc(OCCF)cc([C@H](Nc2ccc(C(=N)N)cc2)c2nn(-c3ncccn3)c(=O)[nH]2)c1. The Morgan fingerprint density at radius 3 is 2.49 bits per heavy atom. The molecule has 0 spiro atoms. The normalized spacial score (nSPS) is 11.2. The molecule has 2 aromatic carbocycles. The van der Waals surface area contributed by atoms with E-state index in [0.717, 1.165) is 29.2 Å². The number of carboxylic acids is 1. The molecule has 204 valence electrons. The van der Waals surface area contributed by atoms with Gasteiger partial charge in [0.15, 0.2) is 5.82 Å². The Kier molecular flexibility index (Phi) is 9.84. The summed E-state index contributed by atoms with van der Waals surface area (Å²) in [5, 5.41) is 22.8. The fourth-order valence-corrected chi connectivity index (χ4v) is 3.53. The maximum atomic E-state index is 12.7. The van der Waals surface area contributed by atoms with Crippen LogP contribution in [0.2, 0.25) is 0 Å². The van der Waals surface area contributed by atoms with E-state index in [1.807, 2.05) is 19.1 Å². The molecule has 12 nitrogen and oxygen atoms in total. The summed E-state index contributed by atoms with van der Waals surface area (Å²) in [7, 11) is 0. The number of aromatic amines is 1. The van der Waals surface area contributed by atoms with Crippen molar-refractivity contribution in [2.24, 2.45) is 5.73 Å². The van der Waals surface area contributed by atoms with E-state index in [1.54, 1.807) is 36.4 Å². The van der Waals surface area contributed by atoms with Crippen LogP contribution in [0.4, 0.5) is 10.1 Å². The number of ether oxygens (including phenoxy) is 1. The van der Waals surface area contributed by atoms with Gasteiger partial charge in [0.1, 0.15) is 30.9 Å². The molecule has 6 N–H and O–H groups in total. The van der Waals surface area contributed by atoms with Crippen molar-refractivity contribution in [3.8, 4) is 11.7 Å². The highest BCUT2D eigenvalue weighted by molar-refractivity contribution is 5.95. The highest BCUT2D eigenvalue weighted by atomic mass is 19.1. The summed E-state index contributed by atoms with van der Waals surface area (Å²) >= 11 is 0. The van der Waals surface area contributed by atoms with Gasteiger partial charge in [-0.2, -0.15) is 0 Å². The summed E-state index contributed by atoms with van der Waals surface area (Å²) in [4.78, 5) is 32.7. The minimum absolute atomic E-state index is 0.0377. The van der Waals surface area contributed by atoms with Crippen LogP contribution in [0.25, 0.3) is 5.95 Å². The number of nitrogens with one attached hydrogen (secondary N) is 3. The number of nitrogens with zero attached hydrogens (tertiary/aromatic N) is 4. The number of alkyl halides is 1. The molecule has 0 saturated heterocycles. The fraction of sp³-hybridized carbons (Fsp3) is 0.231. The van der Waals surface area contributed by atoms with Crippen molar-refractivity contribution in [3.63, 3.8) is 0 Å². The van der Waals surface area contributed by atoms with Gasteiger partial charge in [-0.05, 0) is 60.0 Å². The van der Waals surface area contributed by atoms with Gasteiger partial charge >= 0.3 is 5.69 Å². The van der Waals surface area contributed by atoms with Gasteiger partial charge in [0.25, 0.3) is 11.9 Å². The van der Waals surface area contributed by atoms with Gasteiger partial charge in [-0.1, -0.05) is 13.0 Å². The van der Waals surface area contributed by atoms with Gasteiger partial charge in [0.05, 0.1) is 0 Å². The standard InChI is InChI=1S/C24H25FN8O2.C2H4O2/c1-2-15-12-17(14-19(13-15)35-11-8-25)20(30-18-6-4-16(5-7-18)21(26)27)22-31-24(34)33(32-22)23-28-9-3-10-29-23;1-2(3)4/h3-7,9-10,12-14,20,30H,2,8,11H2,1H3,(H3,26,27)(H,31,32,34);1H3,(H,3,4)/t20-;/m0./s1. The van der Waals surface area contributed by atoms with Crippen molar-refractivity contribution in [1.29, 1.82) is 5.41 Å². The average Bonchev–Trinajstić information content (AvgIpc) is 3.31. The topological polar surface area (TPSA) is 185 Å². The van der Waals surface area contributed by atoms with Crippen LogP contribution < -0.4 is 21.5 Å². The van der Waals surface area contributed by atoms with E-state index in [0.29, 0.717) is 22.8 Å². The third-order valence-electron chi connectivity index (χ3n) is 5.23. The molecule has 0 aliphatic rings. The minimum atomic E-state index is -0.833. The van der Waals surface area contributed by atoms with E-state index >= 15 is 0 Å². The first-order valence-electron chi connectivity index (χ1n) is 11.9. The Morgan fingerprint density at radius 2 is 1.90 bits per heavy atom. The van der Waals surface area contributed by atoms with Gasteiger partial charge in [0.2, 0.25) is 0 Å². The zero-order valence-electron chi connectivity index (χ0n) is 21.4. The van der Waals surface area contributed by atoms with Gasteiger partial charge in [-0.3, -0.25) is 15.2 Å². The molecule has 0 radical (unpaired) electrons. The van der Waals surface area contributed by atoms with E-state index in [4.69, 9.17) is 25.8 Å². The van der Waals surface area contributed by atoms with Gasteiger partial charge in [0, 0.05) is 30.6 Å². The fourth-order valence-electron chi connectivity index (χ4n) is 3.53. The van der Waals surface area contributed by atoms with Gasteiger partial charge < -0.3 is 20.9 Å². The lowest BCUT2D eigenvalue weighted by Crippen LogP contribution is -2.18. The summed E-state index contributed by atoms with van der Waals surface area (Å²) < 4.78 is 19.4. The number of nitrogens with two attached hydrogens (primary N) is 1. The maximum absolute atomic E-state index is 12.7. The molecular weight excluding hydrogens is 507 g/mol. The number of aromatic nitrogens is 5. The zero-order chi connectivity index (χ0) is 28.4. The number of hydrogen-bond donors (Lipinski definition) is 5. The Labute approximate surface area is 223 Å². The monoisotopic (exact) mass is 536 g/mol. The molecule has 2 aromatic heterocycles. The molecule has 4 rings (SSSR count). The predicted octanol–water partition coefficient (Wildman–Crippen LogP) is 2.84. The van der Waals surface area contributed by atoms with Crippen molar-refractivity contribution in [2.75, 3.05) is 18.6 Å². The molecule has 0 unspecified atom stereocenters. The quantitative estimate of drug-likeness (QED) is 0.150. The molecular formula is C26H29FN8O4. The minimum Gasteiger partial charge on any atom is -0.491 e. The van der Waals surface area contributed by atoms with Crippen LogP contribution >= 0.6 is 0 Å².